The Hall–Kier alpha value is -5.93. The molecule has 0 radical (unpaired) electrons. The first-order valence-electron chi connectivity index (χ1n) is 24.1. The molecule has 3 amide bonds. The van der Waals surface area contributed by atoms with Crippen LogP contribution in [0.25, 0.3) is 28.0 Å². The maximum absolute atomic E-state index is 13.1. The lowest BCUT2D eigenvalue weighted by Gasteiger charge is -2.35. The fourth-order valence-electron chi connectivity index (χ4n) is 9.72. The van der Waals surface area contributed by atoms with Crippen molar-refractivity contribution in [2.24, 2.45) is 0 Å². The van der Waals surface area contributed by atoms with Crippen LogP contribution in [0.2, 0.25) is 0 Å². The van der Waals surface area contributed by atoms with Gasteiger partial charge in [0, 0.05) is 85.2 Å². The van der Waals surface area contributed by atoms with Gasteiger partial charge in [-0.05, 0) is 74.0 Å². The van der Waals surface area contributed by atoms with Crippen molar-refractivity contribution in [3.63, 3.8) is 0 Å². The molecular formula is C53H62N8O5S. The number of amides is 3. The Bertz CT molecular complexity index is 2660. The van der Waals surface area contributed by atoms with Gasteiger partial charge < -0.3 is 25.0 Å². The third kappa shape index (κ3) is 10.9. The predicted molar refractivity (Wildman–Crippen MR) is 263 cm³/mol. The number of piperazine rings is 1. The molecule has 3 aliphatic rings. The Kier molecular flexibility index (Phi) is 15.0. The number of fused-ring (bicyclic) bond motifs is 2. The molecule has 1 unspecified atom stereocenters. The van der Waals surface area contributed by atoms with E-state index in [-0.39, 0.29) is 24.8 Å². The maximum Gasteiger partial charge on any atom is 0.256 e. The minimum atomic E-state index is -0.613. The summed E-state index contributed by atoms with van der Waals surface area (Å²) < 4.78 is 8.15. The van der Waals surface area contributed by atoms with Crippen LogP contribution < -0.4 is 20.3 Å². The Labute approximate surface area is 397 Å². The molecule has 6 heterocycles. The van der Waals surface area contributed by atoms with Gasteiger partial charge in [-0.1, -0.05) is 92.8 Å². The van der Waals surface area contributed by atoms with Crippen LogP contribution in [-0.2, 0) is 35.7 Å². The number of benzene rings is 3. The fraction of sp³-hybridized carbons (Fsp3) is 0.415. The first kappa shape index (κ1) is 46.2. The number of hydrogen-bond acceptors (Lipinski definition) is 11. The third-order valence-electron chi connectivity index (χ3n) is 13.5. The lowest BCUT2D eigenvalue weighted by Crippen LogP contribution is -2.52. The first-order chi connectivity index (χ1) is 32.8. The van der Waals surface area contributed by atoms with Gasteiger partial charge in [-0.3, -0.25) is 24.6 Å². The second-order valence-electron chi connectivity index (χ2n) is 18.1. The number of nitrogens with zero attached hydrogens (tertiary/aromatic N) is 6. The third-order valence-corrected chi connectivity index (χ3v) is 14.5. The molecule has 13 nitrogen and oxygen atoms in total. The van der Waals surface area contributed by atoms with Gasteiger partial charge in [0.1, 0.15) is 24.2 Å². The molecule has 0 spiro atoms. The van der Waals surface area contributed by atoms with Gasteiger partial charge in [0.25, 0.3) is 5.91 Å². The van der Waals surface area contributed by atoms with E-state index in [9.17, 15) is 19.5 Å². The summed E-state index contributed by atoms with van der Waals surface area (Å²) in [4.78, 5) is 49.7. The molecule has 350 valence electrons. The van der Waals surface area contributed by atoms with Crippen LogP contribution in [0.3, 0.4) is 0 Å². The second kappa shape index (κ2) is 21.8. The molecule has 0 aliphatic carbocycles. The smallest absolute Gasteiger partial charge is 0.256 e. The number of ether oxygens (including phenoxy) is 1. The zero-order valence-electron chi connectivity index (χ0n) is 38.6. The summed E-state index contributed by atoms with van der Waals surface area (Å²) in [5.41, 5.74) is 10.3. The molecular weight excluding hydrogens is 861 g/mol. The fourth-order valence-corrected chi connectivity index (χ4v) is 10.7. The molecule has 2 saturated heterocycles. The molecule has 1 atom stereocenters. The maximum atomic E-state index is 13.1. The highest BCUT2D eigenvalue weighted by Crippen LogP contribution is 2.36. The number of imide groups is 1. The molecule has 3 aromatic carbocycles. The van der Waals surface area contributed by atoms with Crippen molar-refractivity contribution in [3.05, 3.63) is 123 Å². The van der Waals surface area contributed by atoms with Crippen LogP contribution in [0.4, 0.5) is 5.82 Å². The minimum Gasteiger partial charge on any atom is -0.488 e. The number of nitrogens with one attached hydrogen (secondary N) is 2. The molecule has 3 aliphatic heterocycles. The van der Waals surface area contributed by atoms with Crippen molar-refractivity contribution < 1.29 is 24.2 Å². The Balaban J connectivity index is 0.683. The van der Waals surface area contributed by atoms with E-state index in [1.807, 2.05) is 28.1 Å². The molecule has 2 fully saturated rings. The average molecular weight is 923 g/mol. The number of thiophene rings is 1. The van der Waals surface area contributed by atoms with Crippen molar-refractivity contribution in [2.45, 2.75) is 96.9 Å². The molecule has 14 heteroatoms. The summed E-state index contributed by atoms with van der Waals surface area (Å²) in [6.45, 7) is 9.03. The van der Waals surface area contributed by atoms with E-state index >= 15 is 0 Å². The summed E-state index contributed by atoms with van der Waals surface area (Å²) >= 11 is 1.51. The van der Waals surface area contributed by atoms with Crippen LogP contribution in [0.1, 0.15) is 95.4 Å². The molecule has 3 aromatic heterocycles. The lowest BCUT2D eigenvalue weighted by atomic mass is 10.0. The number of aryl methyl sites for hydroxylation is 2. The molecule has 0 saturated carbocycles. The Morgan fingerprint density at radius 3 is 2.39 bits per heavy atom. The summed E-state index contributed by atoms with van der Waals surface area (Å²) in [5, 5.41) is 22.4. The van der Waals surface area contributed by atoms with E-state index in [2.05, 4.69) is 94.1 Å². The summed E-state index contributed by atoms with van der Waals surface area (Å²) in [7, 11) is 0. The van der Waals surface area contributed by atoms with E-state index in [0.717, 1.165) is 108 Å². The number of rotatable bonds is 21. The van der Waals surface area contributed by atoms with Gasteiger partial charge in [-0.15, -0.1) is 11.3 Å². The number of aliphatic hydroxyl groups excluding tert-OH is 1. The number of unbranched alkanes of at least 4 members (excludes halogenated alkanes) is 6. The molecule has 6 aromatic rings. The van der Waals surface area contributed by atoms with Crippen molar-refractivity contribution in [1.82, 2.24) is 35.0 Å². The minimum absolute atomic E-state index is 0.154. The van der Waals surface area contributed by atoms with Crippen LogP contribution in [0, 0.1) is 6.92 Å². The highest BCUT2D eigenvalue weighted by Gasteiger charge is 2.40. The monoisotopic (exact) mass is 922 g/mol. The van der Waals surface area contributed by atoms with E-state index in [0.29, 0.717) is 31.7 Å². The lowest BCUT2D eigenvalue weighted by molar-refractivity contribution is -0.136. The van der Waals surface area contributed by atoms with Gasteiger partial charge in [0.15, 0.2) is 5.65 Å². The van der Waals surface area contributed by atoms with E-state index < -0.39 is 11.9 Å². The summed E-state index contributed by atoms with van der Waals surface area (Å²) in [6.07, 6.45) is 10.2. The van der Waals surface area contributed by atoms with Crippen LogP contribution in [0.5, 0.6) is 5.75 Å². The molecule has 3 N–H and O–H groups in total. The standard InChI is InChI=1S/C53H62N8O5S/c1-37-50(40-15-9-7-10-16-40)51-55-45(32-49(61(51)57-37)59-27-25-58(26-28-59)29-30-62)41-17-12-14-38(31-41)13-8-5-3-2-4-6-11-24-54-33-39-18-20-42(21-19-39)66-35-47-43-34-60(53(65)44(43)36-67-47)46-22-23-48(63)56-52(46)64/h7,9-10,12,14-21,31-32,36,46,54,62H,2-6,8,11,13,22-30,33-35H2,1H3,(H,56,63,64). The number of carbonyl (C=O) groups is 3. The van der Waals surface area contributed by atoms with Gasteiger partial charge in [-0.25, -0.2) is 4.98 Å². The van der Waals surface area contributed by atoms with Gasteiger partial charge in [0.2, 0.25) is 11.8 Å². The SMILES string of the molecule is Cc1nn2c(N3CCN(CCO)CC3)cc(-c3cccc(CCCCCCCCCNCc4ccc(OCc5scc6c5CN(C5CCC(=O)NC5=O)C6=O)cc4)c3)nc2c1-c1ccccc1. The quantitative estimate of drug-likeness (QED) is 0.0481. The van der Waals surface area contributed by atoms with Gasteiger partial charge in [0.05, 0.1) is 23.6 Å². The highest BCUT2D eigenvalue weighted by atomic mass is 32.1. The molecule has 0 bridgehead atoms. The topological polar surface area (TPSA) is 145 Å². The van der Waals surface area contributed by atoms with E-state index in [4.69, 9.17) is 14.8 Å². The predicted octanol–water partition coefficient (Wildman–Crippen LogP) is 7.95. The first-order valence-corrected chi connectivity index (χ1v) is 25.0. The van der Waals surface area contributed by atoms with Gasteiger partial charge in [-0.2, -0.15) is 9.61 Å². The zero-order valence-corrected chi connectivity index (χ0v) is 39.4. The number of aliphatic hydroxyl groups is 1. The van der Waals surface area contributed by atoms with E-state index in [1.165, 1.54) is 61.0 Å². The molecule has 67 heavy (non-hydrogen) atoms. The van der Waals surface area contributed by atoms with E-state index in [1.54, 1.807) is 4.90 Å². The van der Waals surface area contributed by atoms with Crippen molar-refractivity contribution in [2.75, 3.05) is 50.8 Å². The van der Waals surface area contributed by atoms with Crippen molar-refractivity contribution in [3.8, 4) is 28.1 Å². The van der Waals surface area contributed by atoms with Crippen LogP contribution in [-0.4, -0.2) is 99.1 Å². The number of aromatic nitrogens is 3. The van der Waals surface area contributed by atoms with Crippen LogP contribution in [0.15, 0.2) is 90.3 Å². The number of piperidine rings is 1. The van der Waals surface area contributed by atoms with Gasteiger partial charge >= 0.3 is 0 Å². The summed E-state index contributed by atoms with van der Waals surface area (Å²) in [6, 6.07) is 29.2. The number of hydrogen-bond donors (Lipinski definition) is 3. The molecule has 9 rings (SSSR count). The number of β-amino-alcohol motifs (C(OH)–C–C–N with tert-alkyl or cyclic N) is 1. The Morgan fingerprint density at radius 2 is 1.61 bits per heavy atom. The average Bonchev–Trinajstić information content (AvgIpc) is 4.02. The van der Waals surface area contributed by atoms with Crippen LogP contribution >= 0.6 is 11.3 Å². The Morgan fingerprint density at radius 1 is 0.851 bits per heavy atom. The second-order valence-corrected chi connectivity index (χ2v) is 19.1. The zero-order chi connectivity index (χ0) is 46.1. The largest absolute Gasteiger partial charge is 0.488 e. The summed E-state index contributed by atoms with van der Waals surface area (Å²) in [5.74, 6) is 1.00. The number of carbonyl (C=O) groups excluding carboxylic acids is 3. The highest BCUT2D eigenvalue weighted by molar-refractivity contribution is 7.10. The van der Waals surface area contributed by atoms with Crippen molar-refractivity contribution >= 4 is 40.5 Å². The number of anilines is 1. The normalized spacial score (nSPS) is 16.6. The van der Waals surface area contributed by atoms with Crippen molar-refractivity contribution in [1.29, 1.82) is 0 Å².